The zero-order valence-electron chi connectivity index (χ0n) is 10.2. The highest BCUT2D eigenvalue weighted by molar-refractivity contribution is 5.88. The lowest BCUT2D eigenvalue weighted by Crippen LogP contribution is -2.08. The van der Waals surface area contributed by atoms with Crippen LogP contribution in [-0.2, 0) is 13.6 Å². The molecule has 0 radical (unpaired) electrons. The molecule has 2 rings (SSSR count). The van der Waals surface area contributed by atoms with Gasteiger partial charge in [-0.05, 0) is 25.1 Å². The summed E-state index contributed by atoms with van der Waals surface area (Å²) in [6, 6.07) is 4.95. The summed E-state index contributed by atoms with van der Waals surface area (Å²) >= 11 is 0. The first-order valence-electron chi connectivity index (χ1n) is 5.49. The molecule has 0 unspecified atom stereocenters. The van der Waals surface area contributed by atoms with Crippen molar-refractivity contribution in [2.75, 3.05) is 5.32 Å². The van der Waals surface area contributed by atoms with E-state index in [-0.39, 0.29) is 5.56 Å². The number of pyridine rings is 1. The number of aromatic carboxylic acids is 1. The molecule has 0 saturated carbocycles. The molecule has 94 valence electrons. The van der Waals surface area contributed by atoms with Gasteiger partial charge < -0.3 is 10.4 Å². The maximum absolute atomic E-state index is 10.9. The lowest BCUT2D eigenvalue weighted by Gasteiger charge is -2.07. The van der Waals surface area contributed by atoms with Gasteiger partial charge in [0.05, 0.1) is 17.8 Å². The Kier molecular flexibility index (Phi) is 3.27. The summed E-state index contributed by atoms with van der Waals surface area (Å²) in [4.78, 5) is 15.2. The van der Waals surface area contributed by atoms with Gasteiger partial charge in [0, 0.05) is 18.9 Å². The minimum absolute atomic E-state index is 0.231. The van der Waals surface area contributed by atoms with Gasteiger partial charge in [-0.2, -0.15) is 5.10 Å². The number of carbonyl (C=O) groups is 1. The molecule has 0 atom stereocenters. The van der Waals surface area contributed by atoms with Gasteiger partial charge >= 0.3 is 5.97 Å². The third kappa shape index (κ3) is 2.65. The van der Waals surface area contributed by atoms with Crippen molar-refractivity contribution >= 4 is 11.8 Å². The number of hydrogen-bond acceptors (Lipinski definition) is 4. The molecule has 6 heteroatoms. The SMILES string of the molecule is Cc1cc(C(=O)O)cc(NCc2ccnn2C)n1. The molecule has 0 aromatic carbocycles. The van der Waals surface area contributed by atoms with E-state index in [0.717, 1.165) is 5.69 Å². The van der Waals surface area contributed by atoms with Crippen LogP contribution in [0.1, 0.15) is 21.7 Å². The molecule has 0 saturated heterocycles. The van der Waals surface area contributed by atoms with E-state index in [4.69, 9.17) is 5.11 Å². The Hall–Kier alpha value is -2.37. The second-order valence-electron chi connectivity index (χ2n) is 3.99. The highest BCUT2D eigenvalue weighted by Crippen LogP contribution is 2.11. The van der Waals surface area contributed by atoms with Crippen molar-refractivity contribution < 1.29 is 9.90 Å². The fourth-order valence-corrected chi connectivity index (χ4v) is 1.64. The molecule has 0 aliphatic heterocycles. The normalized spacial score (nSPS) is 10.3. The minimum atomic E-state index is -0.955. The van der Waals surface area contributed by atoms with Gasteiger partial charge in [0.1, 0.15) is 5.82 Å². The van der Waals surface area contributed by atoms with Crippen LogP contribution in [0.2, 0.25) is 0 Å². The van der Waals surface area contributed by atoms with E-state index in [1.54, 1.807) is 17.8 Å². The van der Waals surface area contributed by atoms with Gasteiger partial charge in [-0.15, -0.1) is 0 Å². The highest BCUT2D eigenvalue weighted by atomic mass is 16.4. The van der Waals surface area contributed by atoms with Crippen molar-refractivity contribution in [2.24, 2.45) is 7.05 Å². The molecular formula is C12H14N4O2. The Labute approximate surface area is 104 Å². The zero-order chi connectivity index (χ0) is 13.1. The first-order chi connectivity index (χ1) is 8.56. The van der Waals surface area contributed by atoms with Gasteiger partial charge in [-0.25, -0.2) is 9.78 Å². The Morgan fingerprint density at radius 2 is 2.28 bits per heavy atom. The fraction of sp³-hybridized carbons (Fsp3) is 0.250. The summed E-state index contributed by atoms with van der Waals surface area (Å²) in [7, 11) is 1.85. The smallest absolute Gasteiger partial charge is 0.335 e. The lowest BCUT2D eigenvalue weighted by atomic mass is 10.2. The largest absolute Gasteiger partial charge is 0.478 e. The summed E-state index contributed by atoms with van der Waals surface area (Å²) < 4.78 is 1.75. The monoisotopic (exact) mass is 246 g/mol. The third-order valence-corrected chi connectivity index (χ3v) is 2.57. The topological polar surface area (TPSA) is 80.0 Å². The first kappa shape index (κ1) is 12.1. The van der Waals surface area contributed by atoms with Gasteiger partial charge in [-0.1, -0.05) is 0 Å². The van der Waals surface area contributed by atoms with Crippen molar-refractivity contribution in [3.05, 3.63) is 41.3 Å². The summed E-state index contributed by atoms with van der Waals surface area (Å²) in [6.07, 6.45) is 1.71. The van der Waals surface area contributed by atoms with Crippen molar-refractivity contribution in [1.29, 1.82) is 0 Å². The molecule has 2 aromatic heterocycles. The molecule has 2 heterocycles. The number of aryl methyl sites for hydroxylation is 2. The van der Waals surface area contributed by atoms with Crippen molar-refractivity contribution in [3.63, 3.8) is 0 Å². The minimum Gasteiger partial charge on any atom is -0.478 e. The Morgan fingerprint density at radius 1 is 1.50 bits per heavy atom. The number of carboxylic acid groups (broad SMARTS) is 1. The van der Waals surface area contributed by atoms with E-state index in [9.17, 15) is 4.79 Å². The van der Waals surface area contributed by atoms with Crippen LogP contribution in [-0.4, -0.2) is 25.8 Å². The quantitative estimate of drug-likeness (QED) is 0.853. The molecule has 0 bridgehead atoms. The fourth-order valence-electron chi connectivity index (χ4n) is 1.64. The number of nitrogens with zero attached hydrogens (tertiary/aromatic N) is 3. The molecule has 0 fully saturated rings. The summed E-state index contributed by atoms with van der Waals surface area (Å²) in [5, 5.41) is 16.1. The van der Waals surface area contributed by atoms with Crippen LogP contribution in [0.25, 0.3) is 0 Å². The van der Waals surface area contributed by atoms with Crippen LogP contribution < -0.4 is 5.32 Å². The molecule has 2 aromatic rings. The average Bonchev–Trinajstić information content (AvgIpc) is 2.71. The van der Waals surface area contributed by atoms with Crippen molar-refractivity contribution in [1.82, 2.24) is 14.8 Å². The van der Waals surface area contributed by atoms with E-state index in [0.29, 0.717) is 18.1 Å². The molecule has 18 heavy (non-hydrogen) atoms. The molecule has 0 aliphatic carbocycles. The van der Waals surface area contributed by atoms with E-state index >= 15 is 0 Å². The van der Waals surface area contributed by atoms with Gasteiger partial charge in [0.2, 0.25) is 0 Å². The number of hydrogen-bond donors (Lipinski definition) is 2. The van der Waals surface area contributed by atoms with E-state index in [1.165, 1.54) is 12.1 Å². The zero-order valence-corrected chi connectivity index (χ0v) is 10.2. The number of anilines is 1. The third-order valence-electron chi connectivity index (χ3n) is 2.57. The van der Waals surface area contributed by atoms with Crippen LogP contribution in [0, 0.1) is 6.92 Å². The Bertz CT molecular complexity index is 577. The lowest BCUT2D eigenvalue weighted by molar-refractivity contribution is 0.0696. The van der Waals surface area contributed by atoms with Crippen LogP contribution in [0.4, 0.5) is 5.82 Å². The van der Waals surface area contributed by atoms with Crippen LogP contribution in [0.5, 0.6) is 0 Å². The predicted octanol–water partition coefficient (Wildman–Crippen LogP) is 1.43. The molecule has 0 aliphatic rings. The van der Waals surface area contributed by atoms with Crippen LogP contribution >= 0.6 is 0 Å². The standard InChI is InChI=1S/C12H14N4O2/c1-8-5-9(12(17)18)6-11(15-8)13-7-10-3-4-14-16(10)2/h3-6H,7H2,1-2H3,(H,13,15)(H,17,18). The second kappa shape index (κ2) is 4.87. The van der Waals surface area contributed by atoms with Gasteiger partial charge in [0.25, 0.3) is 0 Å². The average molecular weight is 246 g/mol. The van der Waals surface area contributed by atoms with Gasteiger partial charge in [0.15, 0.2) is 0 Å². The number of aromatic nitrogens is 3. The van der Waals surface area contributed by atoms with E-state index in [2.05, 4.69) is 15.4 Å². The number of nitrogens with one attached hydrogen (secondary N) is 1. The predicted molar refractivity (Wildman–Crippen MR) is 66.5 cm³/mol. The molecule has 0 spiro atoms. The van der Waals surface area contributed by atoms with E-state index < -0.39 is 5.97 Å². The maximum atomic E-state index is 10.9. The van der Waals surface area contributed by atoms with Crippen molar-refractivity contribution in [2.45, 2.75) is 13.5 Å². The summed E-state index contributed by atoms with van der Waals surface area (Å²) in [5.74, 6) is -0.405. The number of carboxylic acids is 1. The van der Waals surface area contributed by atoms with Crippen LogP contribution in [0.15, 0.2) is 24.4 Å². The second-order valence-corrected chi connectivity index (χ2v) is 3.99. The molecule has 0 amide bonds. The molecule has 6 nitrogen and oxygen atoms in total. The van der Waals surface area contributed by atoms with Gasteiger partial charge in [-0.3, -0.25) is 4.68 Å². The Balaban J connectivity index is 2.14. The molecular weight excluding hydrogens is 232 g/mol. The summed E-state index contributed by atoms with van der Waals surface area (Å²) in [6.45, 7) is 2.31. The first-order valence-corrected chi connectivity index (χ1v) is 5.49. The molecule has 2 N–H and O–H groups in total. The highest BCUT2D eigenvalue weighted by Gasteiger charge is 2.07. The number of rotatable bonds is 4. The van der Waals surface area contributed by atoms with Crippen molar-refractivity contribution in [3.8, 4) is 0 Å². The van der Waals surface area contributed by atoms with Crippen LogP contribution in [0.3, 0.4) is 0 Å². The Morgan fingerprint density at radius 3 is 2.89 bits per heavy atom. The maximum Gasteiger partial charge on any atom is 0.335 e. The van der Waals surface area contributed by atoms with E-state index in [1.807, 2.05) is 13.1 Å². The summed E-state index contributed by atoms with van der Waals surface area (Å²) in [5.41, 5.74) is 1.90.